The molecule has 1 amide bonds. The Morgan fingerprint density at radius 3 is 2.17 bits per heavy atom. The predicted octanol–water partition coefficient (Wildman–Crippen LogP) is 3.19. The third kappa shape index (κ3) is 4.24. The van der Waals surface area contributed by atoms with Crippen LogP contribution in [0.3, 0.4) is 0 Å². The monoisotopic (exact) mass is 347 g/mol. The molecule has 4 nitrogen and oxygen atoms in total. The first kappa shape index (κ1) is 18.2. The highest BCUT2D eigenvalue weighted by Gasteiger charge is 2.24. The van der Waals surface area contributed by atoms with Gasteiger partial charge in [0.1, 0.15) is 0 Å². The van der Waals surface area contributed by atoms with Crippen molar-refractivity contribution in [2.75, 3.05) is 13.1 Å². The van der Waals surface area contributed by atoms with Crippen molar-refractivity contribution in [3.8, 4) is 5.75 Å². The summed E-state index contributed by atoms with van der Waals surface area (Å²) in [4.78, 5) is 25.2. The molecule has 24 heavy (non-hydrogen) atoms. The molecule has 1 fully saturated rings. The van der Waals surface area contributed by atoms with Gasteiger partial charge in [0, 0.05) is 25.6 Å². The van der Waals surface area contributed by atoms with E-state index >= 15 is 0 Å². The number of nitrogens with zero attached hydrogens (tertiary/aromatic N) is 1. The van der Waals surface area contributed by atoms with Gasteiger partial charge >= 0.3 is 5.97 Å². The van der Waals surface area contributed by atoms with Crippen molar-refractivity contribution in [3.63, 3.8) is 0 Å². The molecule has 1 heterocycles. The number of carbonyl (C=O) groups excluding carboxylic acids is 2. The van der Waals surface area contributed by atoms with Crippen LogP contribution in [0.2, 0.25) is 0 Å². The highest BCUT2D eigenvalue weighted by molar-refractivity contribution is 5.82. The van der Waals surface area contributed by atoms with E-state index in [-0.39, 0.29) is 18.4 Å². The van der Waals surface area contributed by atoms with Crippen molar-refractivity contribution in [3.05, 3.63) is 29.3 Å². The second-order valence-electron chi connectivity index (χ2n) is 5.83. The van der Waals surface area contributed by atoms with Crippen LogP contribution < -0.4 is 4.74 Å². The molecular weight excluding hydrogens is 330 g/mol. The highest BCUT2D eigenvalue weighted by atomic mass is 19.2. The zero-order valence-corrected chi connectivity index (χ0v) is 13.1. The van der Waals surface area contributed by atoms with Crippen molar-refractivity contribution in [2.45, 2.75) is 32.6 Å². The first-order valence-corrected chi connectivity index (χ1v) is 7.61. The van der Waals surface area contributed by atoms with Gasteiger partial charge in [0.2, 0.25) is 23.3 Å². The first-order valence-electron chi connectivity index (χ1n) is 7.61. The third-order valence-electron chi connectivity index (χ3n) is 3.97. The number of carbonyl (C=O) groups is 2. The fourth-order valence-corrected chi connectivity index (χ4v) is 2.43. The normalized spacial score (nSPS) is 15.5. The number of ether oxygens (including phenoxy) is 1. The van der Waals surface area contributed by atoms with Crippen molar-refractivity contribution in [2.24, 2.45) is 5.92 Å². The van der Waals surface area contributed by atoms with E-state index in [1.807, 2.05) is 0 Å². The molecule has 1 aliphatic rings. The largest absolute Gasteiger partial charge is 0.420 e. The summed E-state index contributed by atoms with van der Waals surface area (Å²) in [6.45, 7) is 3.27. The van der Waals surface area contributed by atoms with E-state index in [0.717, 1.165) is 12.8 Å². The average molecular weight is 347 g/mol. The fourth-order valence-electron chi connectivity index (χ4n) is 2.43. The Labute approximate surface area is 136 Å². The van der Waals surface area contributed by atoms with Crippen LogP contribution in [0.1, 0.15) is 32.6 Å². The number of rotatable bonds is 4. The molecule has 1 aromatic rings. The zero-order valence-electron chi connectivity index (χ0n) is 13.1. The molecule has 0 saturated carbocycles. The van der Waals surface area contributed by atoms with Gasteiger partial charge < -0.3 is 9.64 Å². The molecule has 0 aromatic heterocycles. The lowest BCUT2D eigenvalue weighted by atomic mass is 9.99. The van der Waals surface area contributed by atoms with E-state index in [1.165, 1.54) is 0 Å². The fraction of sp³-hybridized carbons (Fsp3) is 0.500. The van der Waals surface area contributed by atoms with Crippen molar-refractivity contribution in [1.82, 2.24) is 4.90 Å². The number of hydrogen-bond donors (Lipinski definition) is 0. The van der Waals surface area contributed by atoms with E-state index in [4.69, 9.17) is 0 Å². The number of halogens is 4. The Morgan fingerprint density at radius 2 is 1.62 bits per heavy atom. The molecule has 132 valence electrons. The summed E-state index contributed by atoms with van der Waals surface area (Å²) in [7, 11) is 0. The van der Waals surface area contributed by atoms with Gasteiger partial charge in [-0.1, -0.05) is 6.92 Å². The van der Waals surface area contributed by atoms with Crippen LogP contribution in [0, 0.1) is 29.2 Å². The Hall–Kier alpha value is -2.12. The Bertz CT molecular complexity index is 616. The van der Waals surface area contributed by atoms with E-state index in [1.54, 1.807) is 4.90 Å². The standard InChI is InChI=1S/C16H17F4NO3/c1-9-4-6-21(7-5-9)12(22)2-3-13(23)24-16-14(19)10(17)8-11(18)15(16)20/h8-9H,2-7H2,1H3. The van der Waals surface area contributed by atoms with E-state index in [2.05, 4.69) is 11.7 Å². The lowest BCUT2D eigenvalue weighted by Crippen LogP contribution is -2.38. The first-order chi connectivity index (χ1) is 11.3. The highest BCUT2D eigenvalue weighted by Crippen LogP contribution is 2.27. The third-order valence-corrected chi connectivity index (χ3v) is 3.97. The topological polar surface area (TPSA) is 46.6 Å². The number of likely N-dealkylation sites (tertiary alicyclic amines) is 1. The molecule has 0 radical (unpaired) electrons. The van der Waals surface area contributed by atoms with Crippen LogP contribution in [0.15, 0.2) is 6.07 Å². The summed E-state index contributed by atoms with van der Waals surface area (Å²) in [6.07, 6.45) is 1.10. The lowest BCUT2D eigenvalue weighted by Gasteiger charge is -2.30. The van der Waals surface area contributed by atoms with Crippen LogP contribution in [0.5, 0.6) is 5.75 Å². The van der Waals surface area contributed by atoms with E-state index in [9.17, 15) is 27.2 Å². The van der Waals surface area contributed by atoms with Gasteiger partial charge in [-0.15, -0.1) is 0 Å². The van der Waals surface area contributed by atoms with Crippen molar-refractivity contribution >= 4 is 11.9 Å². The summed E-state index contributed by atoms with van der Waals surface area (Å²) in [5.41, 5.74) is 0. The van der Waals surface area contributed by atoms with Crippen LogP contribution in [-0.4, -0.2) is 29.9 Å². The predicted molar refractivity (Wildman–Crippen MR) is 76.1 cm³/mol. The maximum absolute atomic E-state index is 13.4. The maximum atomic E-state index is 13.4. The number of benzene rings is 1. The van der Waals surface area contributed by atoms with Crippen molar-refractivity contribution < 1.29 is 31.9 Å². The van der Waals surface area contributed by atoms with E-state index in [0.29, 0.717) is 19.0 Å². The summed E-state index contributed by atoms with van der Waals surface area (Å²) in [5, 5.41) is 0. The molecule has 1 aromatic carbocycles. The van der Waals surface area contributed by atoms with Crippen LogP contribution in [-0.2, 0) is 9.59 Å². The van der Waals surface area contributed by atoms with Gasteiger partial charge in [0.25, 0.3) is 0 Å². The van der Waals surface area contributed by atoms with Crippen LogP contribution in [0.4, 0.5) is 17.6 Å². The van der Waals surface area contributed by atoms with Gasteiger partial charge in [-0.3, -0.25) is 9.59 Å². The Morgan fingerprint density at radius 1 is 1.08 bits per heavy atom. The SMILES string of the molecule is CC1CCN(C(=O)CCC(=O)Oc2c(F)c(F)cc(F)c2F)CC1. The van der Waals surface area contributed by atoms with Gasteiger partial charge in [0.05, 0.1) is 6.42 Å². The number of hydrogen-bond acceptors (Lipinski definition) is 3. The summed E-state index contributed by atoms with van der Waals surface area (Å²) >= 11 is 0. The molecule has 0 N–H and O–H groups in total. The van der Waals surface area contributed by atoms with Gasteiger partial charge in [-0.25, -0.2) is 8.78 Å². The number of esters is 1. The van der Waals surface area contributed by atoms with Crippen molar-refractivity contribution in [1.29, 1.82) is 0 Å². The lowest BCUT2D eigenvalue weighted by molar-refractivity contribution is -0.139. The van der Waals surface area contributed by atoms with Gasteiger partial charge in [-0.2, -0.15) is 8.78 Å². The molecule has 0 spiro atoms. The minimum absolute atomic E-state index is 0.0167. The summed E-state index contributed by atoms with van der Waals surface area (Å²) < 4.78 is 57.2. The Kier molecular flexibility index (Phi) is 5.80. The van der Waals surface area contributed by atoms with Gasteiger partial charge in [0.15, 0.2) is 11.6 Å². The van der Waals surface area contributed by atoms with E-state index < -0.39 is 41.4 Å². The average Bonchev–Trinajstić information content (AvgIpc) is 2.55. The number of piperidine rings is 1. The Balaban J connectivity index is 1.91. The molecule has 1 aliphatic heterocycles. The molecule has 1 saturated heterocycles. The molecule has 8 heteroatoms. The van der Waals surface area contributed by atoms with Crippen LogP contribution in [0.25, 0.3) is 0 Å². The van der Waals surface area contributed by atoms with Crippen LogP contribution >= 0.6 is 0 Å². The molecule has 0 unspecified atom stereocenters. The molecule has 0 aliphatic carbocycles. The summed E-state index contributed by atoms with van der Waals surface area (Å²) in [5.74, 6) is -9.24. The molecule has 0 atom stereocenters. The van der Waals surface area contributed by atoms with Gasteiger partial charge in [-0.05, 0) is 18.8 Å². The molecular formula is C16H17F4NO3. The summed E-state index contributed by atoms with van der Waals surface area (Å²) in [6, 6.07) is 0.0167. The maximum Gasteiger partial charge on any atom is 0.311 e. The smallest absolute Gasteiger partial charge is 0.311 e. The quantitative estimate of drug-likeness (QED) is 0.364. The zero-order chi connectivity index (χ0) is 17.9. The second-order valence-corrected chi connectivity index (χ2v) is 5.83. The second kappa shape index (κ2) is 7.63. The molecule has 0 bridgehead atoms. The minimum Gasteiger partial charge on any atom is -0.420 e. The minimum atomic E-state index is -1.79. The molecule has 2 rings (SSSR count). The number of amides is 1.